The second-order valence-corrected chi connectivity index (χ2v) is 5.76. The van der Waals surface area contributed by atoms with Crippen molar-refractivity contribution in [1.29, 1.82) is 0 Å². The number of carbonyl (C=O) groups is 1. The second kappa shape index (κ2) is 5.13. The molecule has 3 rings (SSSR count). The van der Waals surface area contributed by atoms with E-state index in [0.717, 1.165) is 12.8 Å². The second-order valence-electron chi connectivity index (χ2n) is 5.76. The fourth-order valence-electron chi connectivity index (χ4n) is 2.69. The number of hydrogen-bond acceptors (Lipinski definition) is 3. The number of nitrogens with zero attached hydrogens (tertiary/aromatic N) is 2. The van der Waals surface area contributed by atoms with Crippen molar-refractivity contribution >= 4 is 5.91 Å². The van der Waals surface area contributed by atoms with Crippen molar-refractivity contribution in [3.63, 3.8) is 0 Å². The van der Waals surface area contributed by atoms with E-state index < -0.39 is 0 Å². The Morgan fingerprint density at radius 1 is 1.50 bits per heavy atom. The lowest BCUT2D eigenvalue weighted by Gasteiger charge is -2.25. The third-order valence-corrected chi connectivity index (χ3v) is 4.27. The van der Waals surface area contributed by atoms with Gasteiger partial charge in [-0.1, -0.05) is 6.92 Å². The molecule has 108 valence electrons. The zero-order valence-corrected chi connectivity index (χ0v) is 11.8. The minimum absolute atomic E-state index is 0.0102. The van der Waals surface area contributed by atoms with Gasteiger partial charge in [0, 0.05) is 18.5 Å². The summed E-state index contributed by atoms with van der Waals surface area (Å²) in [4.78, 5) is 22.0. The Hall–Kier alpha value is -1.49. The molecular formula is C15H19FN2O2. The molecule has 1 aliphatic heterocycles. The van der Waals surface area contributed by atoms with Crippen molar-refractivity contribution in [2.75, 3.05) is 6.61 Å². The first kappa shape index (κ1) is 13.5. The van der Waals surface area contributed by atoms with E-state index in [1.165, 1.54) is 11.1 Å². The molecule has 1 saturated carbocycles. The summed E-state index contributed by atoms with van der Waals surface area (Å²) in [6, 6.07) is 1.25. The Balaban J connectivity index is 1.80. The van der Waals surface area contributed by atoms with Gasteiger partial charge >= 0.3 is 0 Å². The van der Waals surface area contributed by atoms with Gasteiger partial charge in [-0.2, -0.15) is 0 Å². The minimum atomic E-state index is -0.336. The summed E-state index contributed by atoms with van der Waals surface area (Å²) in [6.07, 6.45) is 4.56. The number of pyridine rings is 1. The fraction of sp³-hybridized carbons (Fsp3) is 0.600. The Morgan fingerprint density at radius 2 is 2.25 bits per heavy atom. The lowest BCUT2D eigenvalue weighted by Crippen LogP contribution is -2.34. The lowest BCUT2D eigenvalue weighted by molar-refractivity contribution is -0.182. The molecule has 1 saturated heterocycles. The average Bonchev–Trinajstić information content (AvgIpc) is 3.17. The molecule has 1 unspecified atom stereocenters. The summed E-state index contributed by atoms with van der Waals surface area (Å²) in [6.45, 7) is 4.07. The highest BCUT2D eigenvalue weighted by Gasteiger charge is 2.40. The molecular weight excluding hydrogens is 259 g/mol. The van der Waals surface area contributed by atoms with Crippen LogP contribution in [0.2, 0.25) is 0 Å². The summed E-state index contributed by atoms with van der Waals surface area (Å²) in [5, 5.41) is 1.44. The third-order valence-electron chi connectivity index (χ3n) is 4.27. The van der Waals surface area contributed by atoms with Crippen molar-refractivity contribution in [1.82, 2.24) is 10.0 Å². The standard InChI is InChI=1S/C15H19FN2O2/c1-9(11-3-4-11)15(19)18-14(5-6-20-18)12-7-13(16)10(2)17-8-12/h7-9,11,14H,3-6H2,1-2H3/t9?,14-/m0/s1. The van der Waals surface area contributed by atoms with Gasteiger partial charge in [0.1, 0.15) is 5.82 Å². The van der Waals surface area contributed by atoms with E-state index in [4.69, 9.17) is 4.84 Å². The molecule has 2 heterocycles. The van der Waals surface area contributed by atoms with Gasteiger partial charge in [-0.3, -0.25) is 14.6 Å². The summed E-state index contributed by atoms with van der Waals surface area (Å²) < 4.78 is 13.7. The van der Waals surface area contributed by atoms with Crippen LogP contribution in [0.25, 0.3) is 0 Å². The predicted molar refractivity (Wildman–Crippen MR) is 71.0 cm³/mol. The van der Waals surface area contributed by atoms with Crippen LogP contribution in [0.4, 0.5) is 4.39 Å². The van der Waals surface area contributed by atoms with Crippen molar-refractivity contribution < 1.29 is 14.0 Å². The zero-order valence-electron chi connectivity index (χ0n) is 11.8. The molecule has 1 amide bonds. The van der Waals surface area contributed by atoms with Gasteiger partial charge in [0.15, 0.2) is 0 Å². The molecule has 0 bridgehead atoms. The maximum absolute atomic E-state index is 13.7. The number of halogens is 1. The molecule has 2 fully saturated rings. The predicted octanol–water partition coefficient (Wildman–Crippen LogP) is 2.78. The Morgan fingerprint density at radius 3 is 2.90 bits per heavy atom. The first-order chi connectivity index (χ1) is 9.58. The summed E-state index contributed by atoms with van der Waals surface area (Å²) in [5.74, 6) is 0.145. The smallest absolute Gasteiger partial charge is 0.249 e. The monoisotopic (exact) mass is 278 g/mol. The molecule has 1 aromatic rings. The SMILES string of the molecule is Cc1ncc([C@@H]2CCON2C(=O)C(C)C2CC2)cc1F. The van der Waals surface area contributed by atoms with Crippen LogP contribution < -0.4 is 0 Å². The highest BCUT2D eigenvalue weighted by molar-refractivity contribution is 5.78. The van der Waals surface area contributed by atoms with Gasteiger partial charge in [0.05, 0.1) is 18.3 Å². The summed E-state index contributed by atoms with van der Waals surface area (Å²) in [7, 11) is 0. The number of carbonyl (C=O) groups excluding carboxylic acids is 1. The Bertz CT molecular complexity index is 531. The molecule has 0 spiro atoms. The van der Waals surface area contributed by atoms with Crippen LogP contribution in [0.3, 0.4) is 0 Å². The summed E-state index contributed by atoms with van der Waals surface area (Å²) >= 11 is 0. The van der Waals surface area contributed by atoms with Crippen LogP contribution in [-0.2, 0) is 9.63 Å². The van der Waals surface area contributed by atoms with Crippen LogP contribution in [0.1, 0.15) is 43.5 Å². The fourth-order valence-corrected chi connectivity index (χ4v) is 2.69. The van der Waals surface area contributed by atoms with Crippen molar-refractivity contribution in [2.45, 2.75) is 39.2 Å². The van der Waals surface area contributed by atoms with Gasteiger partial charge in [-0.25, -0.2) is 9.45 Å². The number of rotatable bonds is 3. The Labute approximate surface area is 117 Å². The van der Waals surface area contributed by atoms with Gasteiger partial charge in [-0.05, 0) is 37.3 Å². The van der Waals surface area contributed by atoms with E-state index in [1.807, 2.05) is 6.92 Å². The van der Waals surface area contributed by atoms with Gasteiger partial charge in [0.25, 0.3) is 0 Å². The highest BCUT2D eigenvalue weighted by atomic mass is 19.1. The van der Waals surface area contributed by atoms with E-state index in [2.05, 4.69) is 4.98 Å². The quantitative estimate of drug-likeness (QED) is 0.853. The highest BCUT2D eigenvalue weighted by Crippen LogP contribution is 2.40. The molecule has 0 N–H and O–H groups in total. The van der Waals surface area contributed by atoms with E-state index in [9.17, 15) is 9.18 Å². The number of amides is 1. The maximum Gasteiger partial charge on any atom is 0.249 e. The van der Waals surface area contributed by atoms with Crippen LogP contribution >= 0.6 is 0 Å². The Kier molecular flexibility index (Phi) is 3.46. The van der Waals surface area contributed by atoms with E-state index in [-0.39, 0.29) is 23.7 Å². The molecule has 0 aromatic carbocycles. The molecule has 4 nitrogen and oxygen atoms in total. The van der Waals surface area contributed by atoms with Gasteiger partial charge in [0.2, 0.25) is 5.91 Å². The van der Waals surface area contributed by atoms with Crippen molar-refractivity contribution in [2.24, 2.45) is 11.8 Å². The molecule has 1 aromatic heterocycles. The molecule has 20 heavy (non-hydrogen) atoms. The number of aromatic nitrogens is 1. The molecule has 2 aliphatic rings. The third kappa shape index (κ3) is 2.42. The largest absolute Gasteiger partial charge is 0.272 e. The van der Waals surface area contributed by atoms with E-state index >= 15 is 0 Å². The molecule has 1 aliphatic carbocycles. The van der Waals surface area contributed by atoms with Gasteiger partial charge in [-0.15, -0.1) is 0 Å². The topological polar surface area (TPSA) is 42.4 Å². The van der Waals surface area contributed by atoms with Crippen LogP contribution in [0.15, 0.2) is 12.3 Å². The van der Waals surface area contributed by atoms with Gasteiger partial charge < -0.3 is 0 Å². The van der Waals surface area contributed by atoms with E-state index in [1.54, 1.807) is 13.1 Å². The first-order valence-corrected chi connectivity index (χ1v) is 7.16. The van der Waals surface area contributed by atoms with Crippen LogP contribution in [0, 0.1) is 24.6 Å². The summed E-state index contributed by atoms with van der Waals surface area (Å²) in [5.41, 5.74) is 1.08. The average molecular weight is 278 g/mol. The van der Waals surface area contributed by atoms with Crippen LogP contribution in [-0.4, -0.2) is 22.6 Å². The minimum Gasteiger partial charge on any atom is -0.272 e. The first-order valence-electron chi connectivity index (χ1n) is 7.16. The molecule has 5 heteroatoms. The van der Waals surface area contributed by atoms with Crippen molar-refractivity contribution in [3.8, 4) is 0 Å². The molecule has 0 radical (unpaired) electrons. The number of aryl methyl sites for hydroxylation is 1. The number of hydroxylamine groups is 2. The molecule has 2 atom stereocenters. The maximum atomic E-state index is 13.7. The lowest BCUT2D eigenvalue weighted by atomic mass is 10.0. The van der Waals surface area contributed by atoms with E-state index in [0.29, 0.717) is 30.2 Å². The van der Waals surface area contributed by atoms with Crippen molar-refractivity contribution in [3.05, 3.63) is 29.3 Å². The normalized spacial score (nSPS) is 23.9. The zero-order chi connectivity index (χ0) is 14.3. The van der Waals surface area contributed by atoms with Crippen LogP contribution in [0.5, 0.6) is 0 Å². The number of hydrogen-bond donors (Lipinski definition) is 0.